The molecule has 2 N–H and O–H groups in total. The van der Waals surface area contributed by atoms with Crippen molar-refractivity contribution in [2.24, 2.45) is 4.99 Å². The SMILES string of the molecule is CCc1nncn1CCNC(=NC)NCCCCCC(=O)OC. The molecule has 8 nitrogen and oxygen atoms in total. The van der Waals surface area contributed by atoms with Crippen LogP contribution < -0.4 is 10.6 Å². The van der Waals surface area contributed by atoms with Crippen LogP contribution in [0.5, 0.6) is 0 Å². The van der Waals surface area contributed by atoms with Crippen molar-refractivity contribution in [2.75, 3.05) is 27.2 Å². The number of hydrogen-bond donors (Lipinski definition) is 2. The van der Waals surface area contributed by atoms with Crippen LogP contribution in [0.2, 0.25) is 0 Å². The van der Waals surface area contributed by atoms with E-state index in [9.17, 15) is 4.79 Å². The number of methoxy groups -OCH3 is 1. The third-order valence-corrected chi connectivity index (χ3v) is 3.46. The van der Waals surface area contributed by atoms with E-state index in [-0.39, 0.29) is 5.97 Å². The Hall–Kier alpha value is -2.12. The van der Waals surface area contributed by atoms with Crippen molar-refractivity contribution in [3.63, 3.8) is 0 Å². The molecule has 0 aliphatic carbocycles. The number of rotatable bonds is 10. The number of nitrogens with zero attached hydrogens (tertiary/aromatic N) is 4. The average molecular weight is 324 g/mol. The van der Waals surface area contributed by atoms with Crippen LogP contribution in [0, 0.1) is 0 Å². The van der Waals surface area contributed by atoms with Crippen LogP contribution in [-0.4, -0.2) is 53.9 Å². The number of carbonyl (C=O) groups is 1. The second kappa shape index (κ2) is 11.4. The maximum absolute atomic E-state index is 11.0. The van der Waals surface area contributed by atoms with Gasteiger partial charge in [0.15, 0.2) is 5.96 Å². The maximum Gasteiger partial charge on any atom is 0.305 e. The molecule has 1 aromatic heterocycles. The van der Waals surface area contributed by atoms with E-state index in [0.717, 1.165) is 57.1 Å². The first-order chi connectivity index (χ1) is 11.2. The number of nitrogens with one attached hydrogen (secondary N) is 2. The molecule has 23 heavy (non-hydrogen) atoms. The van der Waals surface area contributed by atoms with Crippen molar-refractivity contribution >= 4 is 11.9 Å². The van der Waals surface area contributed by atoms with E-state index >= 15 is 0 Å². The van der Waals surface area contributed by atoms with Gasteiger partial charge in [0.2, 0.25) is 0 Å². The number of unbranched alkanes of at least 4 members (excludes halogenated alkanes) is 2. The van der Waals surface area contributed by atoms with E-state index in [1.165, 1.54) is 7.11 Å². The summed E-state index contributed by atoms with van der Waals surface area (Å²) < 4.78 is 6.64. The number of hydrogen-bond acceptors (Lipinski definition) is 5. The summed E-state index contributed by atoms with van der Waals surface area (Å²) in [6, 6.07) is 0. The summed E-state index contributed by atoms with van der Waals surface area (Å²) >= 11 is 0. The monoisotopic (exact) mass is 324 g/mol. The lowest BCUT2D eigenvalue weighted by Gasteiger charge is -2.12. The highest BCUT2D eigenvalue weighted by Gasteiger charge is 2.02. The van der Waals surface area contributed by atoms with Gasteiger partial charge in [-0.05, 0) is 12.8 Å². The third kappa shape index (κ3) is 7.62. The minimum atomic E-state index is -0.143. The quantitative estimate of drug-likeness (QED) is 0.285. The number of guanidine groups is 1. The standard InChI is InChI=1S/C15H28N6O2/c1-4-13-20-19-12-21(13)11-10-18-15(16-2)17-9-7-5-6-8-14(22)23-3/h12H,4-11H2,1-3H3,(H2,16,17,18). The van der Waals surface area contributed by atoms with Crippen molar-refractivity contribution in [2.45, 2.75) is 45.6 Å². The van der Waals surface area contributed by atoms with E-state index < -0.39 is 0 Å². The van der Waals surface area contributed by atoms with Crippen molar-refractivity contribution in [1.29, 1.82) is 0 Å². The summed E-state index contributed by atoms with van der Waals surface area (Å²) in [5.74, 6) is 1.63. The zero-order chi connectivity index (χ0) is 16.9. The highest BCUT2D eigenvalue weighted by Crippen LogP contribution is 2.00. The molecule has 8 heteroatoms. The number of aryl methyl sites for hydroxylation is 1. The van der Waals surface area contributed by atoms with Gasteiger partial charge in [-0.25, -0.2) is 0 Å². The predicted molar refractivity (Wildman–Crippen MR) is 89.2 cm³/mol. The lowest BCUT2D eigenvalue weighted by Crippen LogP contribution is -2.39. The maximum atomic E-state index is 11.0. The zero-order valence-corrected chi connectivity index (χ0v) is 14.3. The first-order valence-corrected chi connectivity index (χ1v) is 8.09. The largest absolute Gasteiger partial charge is 0.469 e. The molecule has 1 heterocycles. The molecule has 0 saturated carbocycles. The normalized spacial score (nSPS) is 11.3. The van der Waals surface area contributed by atoms with E-state index in [4.69, 9.17) is 0 Å². The van der Waals surface area contributed by atoms with Crippen molar-refractivity contribution in [3.05, 3.63) is 12.2 Å². The first kappa shape index (κ1) is 18.9. The smallest absolute Gasteiger partial charge is 0.305 e. The minimum Gasteiger partial charge on any atom is -0.469 e. The van der Waals surface area contributed by atoms with Crippen LogP contribution in [0.3, 0.4) is 0 Å². The molecule has 0 amide bonds. The summed E-state index contributed by atoms with van der Waals surface area (Å²) in [6.45, 7) is 4.45. The molecular weight excluding hydrogens is 296 g/mol. The third-order valence-electron chi connectivity index (χ3n) is 3.46. The van der Waals surface area contributed by atoms with Gasteiger partial charge in [0.1, 0.15) is 12.2 Å². The Kier molecular flexibility index (Phi) is 9.42. The van der Waals surface area contributed by atoms with Gasteiger partial charge < -0.3 is 19.9 Å². The minimum absolute atomic E-state index is 0.143. The molecule has 0 saturated heterocycles. The fourth-order valence-corrected chi connectivity index (χ4v) is 2.13. The van der Waals surface area contributed by atoms with Crippen molar-refractivity contribution in [3.8, 4) is 0 Å². The Balaban J connectivity index is 2.12. The summed E-state index contributed by atoms with van der Waals surface area (Å²) in [5, 5.41) is 14.5. The number of ether oxygens (including phenoxy) is 1. The Morgan fingerprint density at radius 1 is 1.30 bits per heavy atom. The molecule has 0 unspecified atom stereocenters. The van der Waals surface area contributed by atoms with Crippen LogP contribution in [-0.2, 0) is 22.5 Å². The van der Waals surface area contributed by atoms with E-state index in [1.54, 1.807) is 13.4 Å². The van der Waals surface area contributed by atoms with Gasteiger partial charge in [0, 0.05) is 39.5 Å². The molecular formula is C15H28N6O2. The lowest BCUT2D eigenvalue weighted by molar-refractivity contribution is -0.140. The van der Waals surface area contributed by atoms with Gasteiger partial charge in [0.25, 0.3) is 0 Å². The van der Waals surface area contributed by atoms with Gasteiger partial charge in [-0.2, -0.15) is 0 Å². The summed E-state index contributed by atoms with van der Waals surface area (Å²) in [7, 11) is 3.17. The highest BCUT2D eigenvalue weighted by atomic mass is 16.5. The van der Waals surface area contributed by atoms with Gasteiger partial charge in [-0.15, -0.1) is 10.2 Å². The van der Waals surface area contributed by atoms with Crippen LogP contribution in [0.15, 0.2) is 11.3 Å². The topological polar surface area (TPSA) is 93.4 Å². The fraction of sp³-hybridized carbons (Fsp3) is 0.733. The van der Waals surface area contributed by atoms with E-state index in [1.807, 2.05) is 4.57 Å². The van der Waals surface area contributed by atoms with Crippen molar-refractivity contribution in [1.82, 2.24) is 25.4 Å². The molecule has 0 atom stereocenters. The Morgan fingerprint density at radius 3 is 2.78 bits per heavy atom. The lowest BCUT2D eigenvalue weighted by atomic mass is 10.2. The second-order valence-electron chi connectivity index (χ2n) is 5.11. The Bertz CT molecular complexity index is 486. The number of aliphatic imine (C=N–C) groups is 1. The van der Waals surface area contributed by atoms with Gasteiger partial charge >= 0.3 is 5.97 Å². The summed E-state index contributed by atoms with van der Waals surface area (Å²) in [4.78, 5) is 15.2. The van der Waals surface area contributed by atoms with E-state index in [2.05, 4.69) is 37.5 Å². The molecule has 0 aliphatic heterocycles. The number of carbonyl (C=O) groups excluding carboxylic acids is 1. The summed E-state index contributed by atoms with van der Waals surface area (Å²) in [5.41, 5.74) is 0. The predicted octanol–water partition coefficient (Wildman–Crippen LogP) is 0.739. The van der Waals surface area contributed by atoms with Crippen LogP contribution in [0.25, 0.3) is 0 Å². The Morgan fingerprint density at radius 2 is 2.09 bits per heavy atom. The molecule has 1 aromatic rings. The number of esters is 1. The Labute approximate surface area is 137 Å². The fourth-order valence-electron chi connectivity index (χ4n) is 2.13. The molecule has 0 aromatic carbocycles. The van der Waals surface area contributed by atoms with Crippen LogP contribution >= 0.6 is 0 Å². The van der Waals surface area contributed by atoms with Gasteiger partial charge in [-0.3, -0.25) is 9.79 Å². The summed E-state index contributed by atoms with van der Waals surface area (Å²) in [6.07, 6.45) is 5.94. The van der Waals surface area contributed by atoms with Gasteiger partial charge in [0.05, 0.1) is 7.11 Å². The van der Waals surface area contributed by atoms with Gasteiger partial charge in [-0.1, -0.05) is 13.3 Å². The van der Waals surface area contributed by atoms with Crippen LogP contribution in [0.1, 0.15) is 38.4 Å². The molecule has 0 radical (unpaired) electrons. The zero-order valence-electron chi connectivity index (χ0n) is 14.3. The van der Waals surface area contributed by atoms with Crippen LogP contribution in [0.4, 0.5) is 0 Å². The second-order valence-corrected chi connectivity index (χ2v) is 5.11. The molecule has 1 rings (SSSR count). The highest BCUT2D eigenvalue weighted by molar-refractivity contribution is 5.79. The number of aromatic nitrogens is 3. The molecule has 0 bridgehead atoms. The molecule has 0 fully saturated rings. The molecule has 130 valence electrons. The molecule has 0 aliphatic rings. The molecule has 0 spiro atoms. The first-order valence-electron chi connectivity index (χ1n) is 8.09. The average Bonchev–Trinajstić information content (AvgIpc) is 3.03. The van der Waals surface area contributed by atoms with Crippen molar-refractivity contribution < 1.29 is 9.53 Å². The van der Waals surface area contributed by atoms with E-state index in [0.29, 0.717) is 6.42 Å².